The number of aliphatic carboxylic acids is 1. The molecule has 0 spiro atoms. The summed E-state index contributed by atoms with van der Waals surface area (Å²) in [6.07, 6.45) is -4.32. The Bertz CT molecular complexity index is 231. The van der Waals surface area contributed by atoms with Crippen molar-refractivity contribution >= 4 is 5.97 Å². The Balaban J connectivity index is 4.50. The van der Waals surface area contributed by atoms with Crippen molar-refractivity contribution in [2.24, 2.45) is 0 Å². The highest BCUT2D eigenvalue weighted by atomic mass is 19.4. The van der Waals surface area contributed by atoms with Gasteiger partial charge in [-0.1, -0.05) is 0 Å². The van der Waals surface area contributed by atoms with Gasteiger partial charge in [0.2, 0.25) is 0 Å². The SMILES string of the molecule is CNC(CN(CC(F)(F)F)C(C)C)C(=O)O. The number of nitrogens with one attached hydrogen (secondary N) is 1. The number of halogens is 3. The maximum atomic E-state index is 12.2. The average molecular weight is 242 g/mol. The molecule has 1 atom stereocenters. The summed E-state index contributed by atoms with van der Waals surface area (Å²) in [6.45, 7) is 1.92. The topological polar surface area (TPSA) is 52.6 Å². The first-order valence-corrected chi connectivity index (χ1v) is 4.88. The molecular weight excluding hydrogens is 225 g/mol. The third-order valence-electron chi connectivity index (χ3n) is 2.18. The van der Waals surface area contributed by atoms with E-state index in [1.54, 1.807) is 13.8 Å². The summed E-state index contributed by atoms with van der Waals surface area (Å²) in [4.78, 5) is 11.8. The van der Waals surface area contributed by atoms with Gasteiger partial charge in [0.1, 0.15) is 6.04 Å². The molecule has 4 nitrogen and oxygen atoms in total. The predicted molar refractivity (Wildman–Crippen MR) is 53.2 cm³/mol. The standard InChI is InChI=1S/C9H17F3N2O2/c1-6(2)14(5-9(10,11)12)4-7(13-3)8(15)16/h6-7,13H,4-5H2,1-3H3,(H,15,16). The molecular formula is C9H17F3N2O2. The number of likely N-dealkylation sites (N-methyl/N-ethyl adjacent to an activating group) is 1. The lowest BCUT2D eigenvalue weighted by Crippen LogP contribution is -2.49. The Morgan fingerprint density at radius 2 is 1.94 bits per heavy atom. The second-order valence-corrected chi connectivity index (χ2v) is 3.82. The fourth-order valence-electron chi connectivity index (χ4n) is 1.22. The number of carboxylic acids is 1. The normalized spacial score (nSPS) is 14.5. The minimum atomic E-state index is -4.32. The van der Waals surface area contributed by atoms with Gasteiger partial charge in [0, 0.05) is 12.6 Å². The van der Waals surface area contributed by atoms with Gasteiger partial charge >= 0.3 is 12.1 Å². The van der Waals surface area contributed by atoms with E-state index < -0.39 is 24.7 Å². The third kappa shape index (κ3) is 5.92. The molecule has 2 N–H and O–H groups in total. The van der Waals surface area contributed by atoms with Gasteiger partial charge in [-0.15, -0.1) is 0 Å². The fourth-order valence-corrected chi connectivity index (χ4v) is 1.22. The van der Waals surface area contributed by atoms with Crippen LogP contribution in [0.4, 0.5) is 13.2 Å². The summed E-state index contributed by atoms with van der Waals surface area (Å²) in [6, 6.07) is -1.36. The van der Waals surface area contributed by atoms with Gasteiger partial charge in [-0.25, -0.2) is 0 Å². The highest BCUT2D eigenvalue weighted by molar-refractivity contribution is 5.73. The lowest BCUT2D eigenvalue weighted by atomic mass is 10.2. The lowest BCUT2D eigenvalue weighted by Gasteiger charge is -2.29. The maximum absolute atomic E-state index is 12.2. The molecule has 0 rings (SSSR count). The van der Waals surface area contributed by atoms with Crippen molar-refractivity contribution in [1.82, 2.24) is 10.2 Å². The van der Waals surface area contributed by atoms with Crippen molar-refractivity contribution in [1.29, 1.82) is 0 Å². The van der Waals surface area contributed by atoms with Gasteiger partial charge in [-0.2, -0.15) is 13.2 Å². The van der Waals surface area contributed by atoms with Crippen molar-refractivity contribution in [3.63, 3.8) is 0 Å². The fraction of sp³-hybridized carbons (Fsp3) is 0.889. The van der Waals surface area contributed by atoms with Crippen LogP contribution in [0.5, 0.6) is 0 Å². The maximum Gasteiger partial charge on any atom is 0.401 e. The van der Waals surface area contributed by atoms with Crippen molar-refractivity contribution in [3.8, 4) is 0 Å². The molecule has 0 radical (unpaired) electrons. The van der Waals surface area contributed by atoms with Crippen LogP contribution in [0.15, 0.2) is 0 Å². The van der Waals surface area contributed by atoms with E-state index in [9.17, 15) is 18.0 Å². The molecule has 0 saturated carbocycles. The zero-order valence-electron chi connectivity index (χ0n) is 9.51. The van der Waals surface area contributed by atoms with Crippen LogP contribution in [0.1, 0.15) is 13.8 Å². The number of nitrogens with zero attached hydrogens (tertiary/aromatic N) is 1. The van der Waals surface area contributed by atoms with E-state index in [0.29, 0.717) is 0 Å². The van der Waals surface area contributed by atoms with Gasteiger partial charge in [-0.05, 0) is 20.9 Å². The largest absolute Gasteiger partial charge is 0.480 e. The van der Waals surface area contributed by atoms with E-state index in [1.807, 2.05) is 0 Å². The first-order valence-electron chi connectivity index (χ1n) is 4.88. The Morgan fingerprint density at radius 1 is 1.44 bits per heavy atom. The molecule has 0 amide bonds. The average Bonchev–Trinajstić information content (AvgIpc) is 2.09. The first kappa shape index (κ1) is 15.2. The number of carboxylic acid groups (broad SMARTS) is 1. The molecule has 1 unspecified atom stereocenters. The van der Waals surface area contributed by atoms with Gasteiger partial charge in [0.25, 0.3) is 0 Å². The van der Waals surface area contributed by atoms with E-state index in [-0.39, 0.29) is 12.6 Å². The van der Waals surface area contributed by atoms with Crippen molar-refractivity contribution in [2.75, 3.05) is 20.1 Å². The van der Waals surface area contributed by atoms with Gasteiger partial charge in [0.05, 0.1) is 6.54 Å². The molecule has 0 aromatic heterocycles. The summed E-state index contributed by atoms with van der Waals surface area (Å²) >= 11 is 0. The number of carbonyl (C=O) groups is 1. The summed E-state index contributed by atoms with van der Waals surface area (Å²) in [7, 11) is 1.41. The molecule has 0 aromatic carbocycles. The number of hydrogen-bond donors (Lipinski definition) is 2. The second-order valence-electron chi connectivity index (χ2n) is 3.82. The van der Waals surface area contributed by atoms with E-state index in [1.165, 1.54) is 7.05 Å². The second kappa shape index (κ2) is 6.05. The van der Waals surface area contributed by atoms with E-state index >= 15 is 0 Å². The minimum absolute atomic E-state index is 0.178. The smallest absolute Gasteiger partial charge is 0.401 e. The number of alkyl halides is 3. The van der Waals surface area contributed by atoms with E-state index in [4.69, 9.17) is 5.11 Å². The summed E-state index contributed by atoms with van der Waals surface area (Å²) < 4.78 is 36.6. The van der Waals surface area contributed by atoms with Crippen molar-refractivity contribution < 1.29 is 23.1 Å². The van der Waals surface area contributed by atoms with Crippen LogP contribution < -0.4 is 5.32 Å². The quantitative estimate of drug-likeness (QED) is 0.727. The number of rotatable bonds is 6. The van der Waals surface area contributed by atoms with Crippen LogP contribution in [-0.2, 0) is 4.79 Å². The van der Waals surface area contributed by atoms with Crippen LogP contribution in [0, 0.1) is 0 Å². The van der Waals surface area contributed by atoms with Gasteiger partial charge in [-0.3, -0.25) is 9.69 Å². The molecule has 0 aliphatic rings. The molecule has 16 heavy (non-hydrogen) atoms. The lowest BCUT2D eigenvalue weighted by molar-refractivity contribution is -0.154. The highest BCUT2D eigenvalue weighted by Gasteiger charge is 2.33. The monoisotopic (exact) mass is 242 g/mol. The predicted octanol–water partition coefficient (Wildman–Crippen LogP) is 0.932. The zero-order chi connectivity index (χ0) is 12.9. The van der Waals surface area contributed by atoms with Crippen molar-refractivity contribution in [3.05, 3.63) is 0 Å². The van der Waals surface area contributed by atoms with Crippen LogP contribution in [0.2, 0.25) is 0 Å². The molecule has 0 fully saturated rings. The molecule has 96 valence electrons. The summed E-state index contributed by atoms with van der Waals surface area (Å²) in [5, 5.41) is 11.2. The highest BCUT2D eigenvalue weighted by Crippen LogP contribution is 2.18. The Morgan fingerprint density at radius 3 is 2.19 bits per heavy atom. The van der Waals surface area contributed by atoms with Gasteiger partial charge in [0.15, 0.2) is 0 Å². The van der Waals surface area contributed by atoms with Crippen LogP contribution >= 0.6 is 0 Å². The zero-order valence-corrected chi connectivity index (χ0v) is 9.51. The Kier molecular flexibility index (Phi) is 5.74. The van der Waals surface area contributed by atoms with Crippen LogP contribution in [0.3, 0.4) is 0 Å². The Hall–Kier alpha value is -0.820. The van der Waals surface area contributed by atoms with Crippen LogP contribution in [0.25, 0.3) is 0 Å². The molecule has 0 saturated heterocycles. The Labute approximate surface area is 92.4 Å². The molecule has 0 aromatic rings. The van der Waals surface area contributed by atoms with Crippen molar-refractivity contribution in [2.45, 2.75) is 32.1 Å². The van der Waals surface area contributed by atoms with E-state index in [0.717, 1.165) is 4.90 Å². The summed E-state index contributed by atoms with van der Waals surface area (Å²) in [5.74, 6) is -1.16. The molecule has 0 aliphatic heterocycles. The molecule has 0 aliphatic carbocycles. The molecule has 7 heteroatoms. The first-order chi connectivity index (χ1) is 7.17. The number of hydrogen-bond acceptors (Lipinski definition) is 3. The van der Waals surface area contributed by atoms with Gasteiger partial charge < -0.3 is 10.4 Å². The van der Waals surface area contributed by atoms with Crippen LogP contribution in [-0.4, -0.2) is 54.4 Å². The van der Waals surface area contributed by atoms with E-state index in [2.05, 4.69) is 5.32 Å². The minimum Gasteiger partial charge on any atom is -0.480 e. The molecule has 0 heterocycles. The third-order valence-corrected chi connectivity index (χ3v) is 2.18. The summed E-state index contributed by atoms with van der Waals surface area (Å²) in [5.41, 5.74) is 0. The molecule has 0 bridgehead atoms.